The van der Waals surface area contributed by atoms with Crippen LogP contribution in [0, 0.1) is 0 Å². The number of aromatic hydroxyl groups is 1. The Labute approximate surface area is 203 Å². The Kier molecular flexibility index (Phi) is 6.35. The zero-order valence-electron chi connectivity index (χ0n) is 19.0. The monoisotopic (exact) mass is 460 g/mol. The number of carbonyl (C=O) groups is 1. The molecule has 0 aliphatic rings. The lowest BCUT2D eigenvalue weighted by Gasteiger charge is -2.10. The van der Waals surface area contributed by atoms with Crippen LogP contribution in [0.25, 0.3) is 33.3 Å². The highest BCUT2D eigenvalue weighted by Gasteiger charge is 2.15. The zero-order valence-corrected chi connectivity index (χ0v) is 19.0. The van der Waals surface area contributed by atoms with E-state index in [-0.39, 0.29) is 18.1 Å². The van der Waals surface area contributed by atoms with Crippen LogP contribution in [0.3, 0.4) is 0 Å². The topological polar surface area (TPSA) is 79.5 Å². The predicted molar refractivity (Wildman–Crippen MR) is 139 cm³/mol. The highest BCUT2D eigenvalue weighted by Crippen LogP contribution is 2.31. The minimum atomic E-state index is -0.227. The molecule has 1 heterocycles. The smallest absolute Gasteiger partial charge is 0.241 e. The normalized spacial score (nSPS) is 11.2. The van der Waals surface area contributed by atoms with E-state index in [1.165, 1.54) is 6.21 Å². The van der Waals surface area contributed by atoms with Crippen molar-refractivity contribution >= 4 is 22.9 Å². The lowest BCUT2D eigenvalue weighted by atomic mass is 10.0. The van der Waals surface area contributed by atoms with Crippen LogP contribution in [-0.4, -0.2) is 26.8 Å². The number of carbonyl (C=O) groups excluding carboxylic acids is 1. The Balaban J connectivity index is 1.32. The van der Waals surface area contributed by atoms with E-state index in [2.05, 4.69) is 15.5 Å². The summed E-state index contributed by atoms with van der Waals surface area (Å²) >= 11 is 0. The molecule has 35 heavy (non-hydrogen) atoms. The molecule has 1 amide bonds. The van der Waals surface area contributed by atoms with Crippen molar-refractivity contribution < 1.29 is 9.90 Å². The van der Waals surface area contributed by atoms with Crippen molar-refractivity contribution in [3.05, 3.63) is 109 Å². The van der Waals surface area contributed by atoms with Crippen molar-refractivity contribution in [2.75, 3.05) is 0 Å². The molecule has 5 aromatic rings. The molecular weight excluding hydrogens is 436 g/mol. The summed E-state index contributed by atoms with van der Waals surface area (Å²) in [5, 5.41) is 16.2. The van der Waals surface area contributed by atoms with E-state index < -0.39 is 0 Å². The van der Waals surface area contributed by atoms with Gasteiger partial charge in [0.05, 0.1) is 23.9 Å². The van der Waals surface area contributed by atoms with Gasteiger partial charge < -0.3 is 9.67 Å². The van der Waals surface area contributed by atoms with E-state index in [0.29, 0.717) is 12.1 Å². The maximum Gasteiger partial charge on any atom is 0.241 e. The van der Waals surface area contributed by atoms with Crippen molar-refractivity contribution in [3.63, 3.8) is 0 Å². The minimum absolute atomic E-state index is 0.112. The summed E-state index contributed by atoms with van der Waals surface area (Å²) in [7, 11) is 0. The number of nitrogens with one attached hydrogen (secondary N) is 1. The number of benzene rings is 4. The van der Waals surface area contributed by atoms with Crippen LogP contribution in [0.1, 0.15) is 12.0 Å². The van der Waals surface area contributed by atoms with Crippen LogP contribution in [0.15, 0.2) is 108 Å². The van der Waals surface area contributed by atoms with Gasteiger partial charge >= 0.3 is 0 Å². The first-order valence-corrected chi connectivity index (χ1v) is 11.4. The third-order valence-electron chi connectivity index (χ3n) is 5.84. The van der Waals surface area contributed by atoms with Crippen molar-refractivity contribution in [2.45, 2.75) is 13.0 Å². The van der Waals surface area contributed by atoms with E-state index in [1.54, 1.807) is 12.4 Å². The Morgan fingerprint density at radius 2 is 1.57 bits per heavy atom. The van der Waals surface area contributed by atoms with E-state index in [0.717, 1.165) is 33.3 Å². The number of fused-ring (bicyclic) bond motifs is 1. The average Bonchev–Trinajstić information content (AvgIpc) is 3.34. The number of hydrogen-bond acceptors (Lipinski definition) is 4. The van der Waals surface area contributed by atoms with Gasteiger partial charge in [0, 0.05) is 29.7 Å². The van der Waals surface area contributed by atoms with E-state index in [1.807, 2.05) is 95.6 Å². The molecule has 0 fully saturated rings. The molecule has 0 aliphatic carbocycles. The Bertz CT molecular complexity index is 1490. The van der Waals surface area contributed by atoms with Gasteiger partial charge in [0.2, 0.25) is 5.91 Å². The highest BCUT2D eigenvalue weighted by atomic mass is 16.3. The molecule has 0 saturated heterocycles. The Hall–Kier alpha value is -4.71. The van der Waals surface area contributed by atoms with Crippen LogP contribution in [0.2, 0.25) is 0 Å². The van der Waals surface area contributed by atoms with E-state index in [4.69, 9.17) is 0 Å². The van der Waals surface area contributed by atoms with Gasteiger partial charge in [-0.3, -0.25) is 4.79 Å². The molecule has 4 aromatic carbocycles. The van der Waals surface area contributed by atoms with Gasteiger partial charge in [-0.2, -0.15) is 5.10 Å². The number of phenols is 1. The molecule has 0 bridgehead atoms. The fourth-order valence-electron chi connectivity index (χ4n) is 4.12. The van der Waals surface area contributed by atoms with Crippen LogP contribution in [0.5, 0.6) is 5.75 Å². The van der Waals surface area contributed by atoms with Crippen LogP contribution >= 0.6 is 0 Å². The Morgan fingerprint density at radius 1 is 0.886 bits per heavy atom. The number of nitrogens with zero attached hydrogens (tertiary/aromatic N) is 3. The number of aromatic nitrogens is 2. The van der Waals surface area contributed by atoms with Crippen LogP contribution in [-0.2, 0) is 11.3 Å². The van der Waals surface area contributed by atoms with Gasteiger partial charge in [0.15, 0.2) is 0 Å². The first-order chi connectivity index (χ1) is 17.2. The van der Waals surface area contributed by atoms with Crippen molar-refractivity contribution in [2.24, 2.45) is 5.10 Å². The van der Waals surface area contributed by atoms with Gasteiger partial charge in [-0.15, -0.1) is 0 Å². The van der Waals surface area contributed by atoms with Crippen LogP contribution in [0.4, 0.5) is 0 Å². The number of aryl methyl sites for hydroxylation is 1. The van der Waals surface area contributed by atoms with Gasteiger partial charge in [0.1, 0.15) is 5.75 Å². The molecule has 6 heteroatoms. The van der Waals surface area contributed by atoms with Gasteiger partial charge in [-0.25, -0.2) is 10.4 Å². The SMILES string of the molecule is O=C(CCn1cnc(-c2ccccc2)c1-c1ccccc1)NN=Cc1c(O)ccc2ccccc12. The lowest BCUT2D eigenvalue weighted by molar-refractivity contribution is -0.121. The van der Waals surface area contributed by atoms with Crippen molar-refractivity contribution in [3.8, 4) is 28.3 Å². The molecule has 5 rings (SSSR count). The standard InChI is InChI=1S/C29H24N4O2/c34-26-16-15-21-9-7-8-14-24(21)25(26)19-31-32-27(35)17-18-33-20-30-28(22-10-3-1-4-11-22)29(33)23-12-5-2-6-13-23/h1-16,19-20,34H,17-18H2,(H,32,35). The summed E-state index contributed by atoms with van der Waals surface area (Å²) in [6.45, 7) is 0.449. The summed E-state index contributed by atoms with van der Waals surface area (Å²) in [5.74, 6) is -0.115. The van der Waals surface area contributed by atoms with Gasteiger partial charge in [-0.1, -0.05) is 91.0 Å². The molecule has 0 spiro atoms. The van der Waals surface area contributed by atoms with Gasteiger partial charge in [-0.05, 0) is 16.8 Å². The van der Waals surface area contributed by atoms with Crippen LogP contribution < -0.4 is 5.43 Å². The van der Waals surface area contributed by atoms with Crippen molar-refractivity contribution in [1.82, 2.24) is 15.0 Å². The number of phenolic OH excluding ortho intramolecular Hbond substituents is 1. The molecule has 172 valence electrons. The predicted octanol–water partition coefficient (Wildman–Crippen LogP) is 5.62. The Morgan fingerprint density at radius 3 is 2.34 bits per heavy atom. The maximum atomic E-state index is 12.6. The molecule has 6 nitrogen and oxygen atoms in total. The second kappa shape index (κ2) is 10.1. The van der Waals surface area contributed by atoms with Crippen molar-refractivity contribution in [1.29, 1.82) is 0 Å². The lowest BCUT2D eigenvalue weighted by Crippen LogP contribution is -2.19. The van der Waals surface area contributed by atoms with E-state index in [9.17, 15) is 9.90 Å². The number of amides is 1. The first-order valence-electron chi connectivity index (χ1n) is 11.4. The average molecular weight is 461 g/mol. The highest BCUT2D eigenvalue weighted by molar-refractivity contribution is 6.02. The maximum absolute atomic E-state index is 12.6. The molecule has 0 saturated carbocycles. The molecule has 0 atom stereocenters. The molecular formula is C29H24N4O2. The first kappa shape index (κ1) is 22.1. The summed E-state index contributed by atoms with van der Waals surface area (Å²) in [6, 6.07) is 31.2. The summed E-state index contributed by atoms with van der Waals surface area (Å²) < 4.78 is 2.00. The summed E-state index contributed by atoms with van der Waals surface area (Å²) in [6.07, 6.45) is 3.48. The number of rotatable bonds is 7. The fourth-order valence-corrected chi connectivity index (χ4v) is 4.12. The number of hydrazone groups is 1. The summed E-state index contributed by atoms with van der Waals surface area (Å²) in [5.41, 5.74) is 7.04. The minimum Gasteiger partial charge on any atom is -0.507 e. The zero-order chi connectivity index (χ0) is 24.0. The fraction of sp³-hybridized carbons (Fsp3) is 0.0690. The molecule has 0 aliphatic heterocycles. The largest absolute Gasteiger partial charge is 0.507 e. The van der Waals surface area contributed by atoms with Gasteiger partial charge in [0.25, 0.3) is 0 Å². The molecule has 0 unspecified atom stereocenters. The molecule has 0 radical (unpaired) electrons. The second-order valence-corrected chi connectivity index (χ2v) is 8.13. The second-order valence-electron chi connectivity index (χ2n) is 8.13. The third-order valence-corrected chi connectivity index (χ3v) is 5.84. The summed E-state index contributed by atoms with van der Waals surface area (Å²) in [4.78, 5) is 17.2. The molecule has 1 aromatic heterocycles. The number of hydrogen-bond donors (Lipinski definition) is 2. The number of imidazole rings is 1. The quantitative estimate of drug-likeness (QED) is 0.245. The van der Waals surface area contributed by atoms with E-state index >= 15 is 0 Å². The third kappa shape index (κ3) is 4.82. The molecule has 2 N–H and O–H groups in total.